The predicted octanol–water partition coefficient (Wildman–Crippen LogP) is 3.03. The molecule has 2 rings (SSSR count). The van der Waals surface area contributed by atoms with Crippen molar-refractivity contribution in [3.05, 3.63) is 34.9 Å². The zero-order chi connectivity index (χ0) is 13.1. The summed E-state index contributed by atoms with van der Waals surface area (Å²) in [7, 11) is 0. The third-order valence-electron chi connectivity index (χ3n) is 2.30. The van der Waals surface area contributed by atoms with Crippen LogP contribution in [0.1, 0.15) is 19.7 Å². The third kappa shape index (κ3) is 3.05. The van der Waals surface area contributed by atoms with E-state index >= 15 is 0 Å². The van der Waals surface area contributed by atoms with Gasteiger partial charge in [-0.3, -0.25) is 0 Å². The number of rotatable bonds is 4. The fourth-order valence-corrected chi connectivity index (χ4v) is 1.56. The summed E-state index contributed by atoms with van der Waals surface area (Å²) in [6.45, 7) is 4.50. The van der Waals surface area contributed by atoms with E-state index in [0.717, 1.165) is 0 Å². The first kappa shape index (κ1) is 13.0. The molecule has 4 nitrogen and oxygen atoms in total. The number of halogens is 2. The monoisotopic (exact) mass is 269 g/mol. The lowest BCUT2D eigenvalue weighted by molar-refractivity contribution is 0.415. The molecular weight excluding hydrogens is 257 g/mol. The van der Waals surface area contributed by atoms with Crippen LogP contribution in [0.5, 0.6) is 0 Å². The maximum Gasteiger partial charge on any atom is 0.260 e. The zero-order valence-corrected chi connectivity index (χ0v) is 10.8. The quantitative estimate of drug-likeness (QED) is 0.927. The summed E-state index contributed by atoms with van der Waals surface area (Å²) in [6, 6.07) is 4.52. The van der Waals surface area contributed by atoms with E-state index in [2.05, 4.69) is 15.5 Å². The van der Waals surface area contributed by atoms with Gasteiger partial charge < -0.3 is 9.84 Å². The minimum absolute atomic E-state index is 0.135. The number of hydrogen-bond acceptors (Lipinski definition) is 4. The molecule has 0 radical (unpaired) electrons. The van der Waals surface area contributed by atoms with Crippen LogP contribution >= 0.6 is 11.6 Å². The highest BCUT2D eigenvalue weighted by Gasteiger charge is 2.13. The lowest BCUT2D eigenvalue weighted by Gasteiger charge is -2.03. The van der Waals surface area contributed by atoms with Crippen LogP contribution < -0.4 is 5.32 Å². The van der Waals surface area contributed by atoms with E-state index in [1.165, 1.54) is 18.2 Å². The number of nitrogens with zero attached hydrogens (tertiary/aromatic N) is 2. The molecule has 0 saturated heterocycles. The molecule has 0 bridgehead atoms. The highest BCUT2D eigenvalue weighted by molar-refractivity contribution is 6.30. The second kappa shape index (κ2) is 5.46. The maximum absolute atomic E-state index is 13.6. The van der Waals surface area contributed by atoms with Crippen LogP contribution in [0, 0.1) is 5.82 Å². The first-order chi connectivity index (χ1) is 8.56. The molecule has 0 saturated carbocycles. The summed E-state index contributed by atoms with van der Waals surface area (Å²) in [6.07, 6.45) is 0. The van der Waals surface area contributed by atoms with E-state index in [-0.39, 0.29) is 11.5 Å². The Hall–Kier alpha value is -1.46. The van der Waals surface area contributed by atoms with Crippen molar-refractivity contribution < 1.29 is 8.91 Å². The van der Waals surface area contributed by atoms with Gasteiger partial charge >= 0.3 is 0 Å². The summed E-state index contributed by atoms with van der Waals surface area (Å²) in [4.78, 5) is 4.12. The van der Waals surface area contributed by atoms with Gasteiger partial charge in [0, 0.05) is 11.1 Å². The van der Waals surface area contributed by atoms with Crippen LogP contribution in [0.3, 0.4) is 0 Å². The average molecular weight is 270 g/mol. The maximum atomic E-state index is 13.6. The van der Waals surface area contributed by atoms with Gasteiger partial charge in [0.2, 0.25) is 0 Å². The second-order valence-corrected chi connectivity index (χ2v) is 4.61. The van der Waals surface area contributed by atoms with Gasteiger partial charge in [-0.25, -0.2) is 4.39 Å². The van der Waals surface area contributed by atoms with E-state index in [9.17, 15) is 4.39 Å². The van der Waals surface area contributed by atoms with Crippen LogP contribution in [0.2, 0.25) is 5.02 Å². The largest absolute Gasteiger partial charge is 0.334 e. The van der Waals surface area contributed by atoms with Crippen molar-refractivity contribution >= 4 is 11.6 Å². The van der Waals surface area contributed by atoms with Crippen LogP contribution in [0.15, 0.2) is 22.7 Å². The van der Waals surface area contributed by atoms with E-state index in [0.29, 0.717) is 23.4 Å². The van der Waals surface area contributed by atoms with Crippen molar-refractivity contribution in [2.45, 2.75) is 26.4 Å². The van der Waals surface area contributed by atoms with E-state index < -0.39 is 5.82 Å². The molecule has 0 aliphatic rings. The molecule has 1 aromatic carbocycles. The standard InChI is InChI=1S/C12H13ClFN3O/c1-7(2)15-6-11-16-12(18-17-11)9-5-8(13)3-4-10(9)14/h3-5,7,15H,6H2,1-2H3. The molecule has 0 atom stereocenters. The average Bonchev–Trinajstić information content (AvgIpc) is 2.78. The van der Waals surface area contributed by atoms with E-state index in [1.54, 1.807) is 0 Å². The van der Waals surface area contributed by atoms with Crippen molar-refractivity contribution in [1.29, 1.82) is 0 Å². The van der Waals surface area contributed by atoms with E-state index in [1.807, 2.05) is 13.8 Å². The van der Waals surface area contributed by atoms with Crippen LogP contribution in [-0.4, -0.2) is 16.2 Å². The molecule has 0 fully saturated rings. The molecule has 1 N–H and O–H groups in total. The third-order valence-corrected chi connectivity index (χ3v) is 2.53. The highest BCUT2D eigenvalue weighted by atomic mass is 35.5. The summed E-state index contributed by atoms with van der Waals surface area (Å²) >= 11 is 5.81. The minimum Gasteiger partial charge on any atom is -0.334 e. The number of benzene rings is 1. The molecular formula is C12H13ClFN3O. The summed E-state index contributed by atoms with van der Waals surface area (Å²) in [5.41, 5.74) is 0.214. The predicted molar refractivity (Wildman–Crippen MR) is 66.7 cm³/mol. The SMILES string of the molecule is CC(C)NCc1noc(-c2cc(Cl)ccc2F)n1. The Balaban J connectivity index is 2.21. The lowest BCUT2D eigenvalue weighted by atomic mass is 10.2. The lowest BCUT2D eigenvalue weighted by Crippen LogP contribution is -2.22. The molecule has 1 heterocycles. The fraction of sp³-hybridized carbons (Fsp3) is 0.333. The van der Waals surface area contributed by atoms with Crippen LogP contribution in [0.25, 0.3) is 11.5 Å². The molecule has 0 unspecified atom stereocenters. The molecule has 0 aliphatic carbocycles. The number of hydrogen-bond donors (Lipinski definition) is 1. The minimum atomic E-state index is -0.439. The molecule has 6 heteroatoms. The molecule has 96 valence electrons. The van der Waals surface area contributed by atoms with Gasteiger partial charge in [0.1, 0.15) is 5.82 Å². The first-order valence-corrected chi connectivity index (χ1v) is 5.95. The van der Waals surface area contributed by atoms with Gasteiger partial charge in [-0.15, -0.1) is 0 Å². The van der Waals surface area contributed by atoms with Crippen molar-refractivity contribution in [2.24, 2.45) is 0 Å². The molecule has 0 aliphatic heterocycles. The van der Waals surface area contributed by atoms with E-state index in [4.69, 9.17) is 16.1 Å². The van der Waals surface area contributed by atoms with Crippen molar-refractivity contribution in [3.63, 3.8) is 0 Å². The zero-order valence-electron chi connectivity index (χ0n) is 10.1. The topological polar surface area (TPSA) is 51.0 Å². The number of aromatic nitrogens is 2. The van der Waals surface area contributed by atoms with Crippen molar-refractivity contribution in [2.75, 3.05) is 0 Å². The van der Waals surface area contributed by atoms with Gasteiger partial charge in [0.05, 0.1) is 12.1 Å². The molecule has 1 aromatic heterocycles. The summed E-state index contributed by atoms with van der Waals surface area (Å²) in [5, 5.41) is 7.35. The smallest absolute Gasteiger partial charge is 0.260 e. The van der Waals surface area contributed by atoms with Gasteiger partial charge in [0.15, 0.2) is 5.82 Å². The first-order valence-electron chi connectivity index (χ1n) is 5.57. The Labute approximate surface area is 109 Å². The van der Waals surface area contributed by atoms with Crippen LogP contribution in [0.4, 0.5) is 4.39 Å². The molecule has 2 aromatic rings. The van der Waals surface area contributed by atoms with Crippen molar-refractivity contribution in [3.8, 4) is 11.5 Å². The Kier molecular flexibility index (Phi) is 3.93. The highest BCUT2D eigenvalue weighted by Crippen LogP contribution is 2.24. The molecule has 18 heavy (non-hydrogen) atoms. The Morgan fingerprint density at radius 2 is 2.22 bits per heavy atom. The Morgan fingerprint density at radius 1 is 1.44 bits per heavy atom. The Morgan fingerprint density at radius 3 is 2.94 bits per heavy atom. The molecule has 0 amide bonds. The summed E-state index contributed by atoms with van der Waals surface area (Å²) < 4.78 is 18.6. The Bertz CT molecular complexity index is 542. The molecule has 0 spiro atoms. The van der Waals surface area contributed by atoms with Gasteiger partial charge in [0.25, 0.3) is 5.89 Å². The van der Waals surface area contributed by atoms with Gasteiger partial charge in [-0.2, -0.15) is 4.98 Å². The van der Waals surface area contributed by atoms with Crippen LogP contribution in [-0.2, 0) is 6.54 Å². The van der Waals surface area contributed by atoms with Gasteiger partial charge in [-0.1, -0.05) is 30.6 Å². The number of nitrogens with one attached hydrogen (secondary N) is 1. The summed E-state index contributed by atoms with van der Waals surface area (Å²) in [5.74, 6) is 0.181. The fourth-order valence-electron chi connectivity index (χ4n) is 1.39. The van der Waals surface area contributed by atoms with Crippen molar-refractivity contribution in [1.82, 2.24) is 15.5 Å². The normalized spacial score (nSPS) is 11.2. The van der Waals surface area contributed by atoms with Gasteiger partial charge in [-0.05, 0) is 18.2 Å². The second-order valence-electron chi connectivity index (χ2n) is 4.18.